The SMILES string of the molecule is COc1ccc(C(=O)NCCCCCCC(=O)O)cc1. The normalized spacial score (nSPS) is 10.1. The number of hydrogen-bond acceptors (Lipinski definition) is 3. The van der Waals surface area contributed by atoms with E-state index in [1.807, 2.05) is 0 Å². The van der Waals surface area contributed by atoms with Crippen LogP contribution >= 0.6 is 0 Å². The third-order valence-corrected chi connectivity index (χ3v) is 2.96. The molecule has 1 aromatic rings. The van der Waals surface area contributed by atoms with Gasteiger partial charge in [-0.15, -0.1) is 0 Å². The lowest BCUT2D eigenvalue weighted by Crippen LogP contribution is -2.24. The number of nitrogens with one attached hydrogen (secondary N) is 1. The highest BCUT2D eigenvalue weighted by Gasteiger charge is 2.04. The molecule has 0 saturated carbocycles. The minimum Gasteiger partial charge on any atom is -0.497 e. The largest absolute Gasteiger partial charge is 0.497 e. The Morgan fingerprint density at radius 3 is 2.35 bits per heavy atom. The second-order valence-electron chi connectivity index (χ2n) is 4.54. The van der Waals surface area contributed by atoms with Crippen LogP contribution < -0.4 is 10.1 Å². The number of carbonyl (C=O) groups is 2. The summed E-state index contributed by atoms with van der Waals surface area (Å²) in [6, 6.07) is 6.95. The number of rotatable bonds is 9. The van der Waals surface area contributed by atoms with E-state index in [1.165, 1.54) is 0 Å². The average Bonchev–Trinajstić information content (AvgIpc) is 2.45. The zero-order valence-electron chi connectivity index (χ0n) is 11.7. The summed E-state index contributed by atoms with van der Waals surface area (Å²) in [5.41, 5.74) is 0.608. The summed E-state index contributed by atoms with van der Waals surface area (Å²) in [5.74, 6) is -0.129. The molecule has 0 aliphatic carbocycles. The minimum atomic E-state index is -0.752. The zero-order valence-corrected chi connectivity index (χ0v) is 11.7. The Bertz CT molecular complexity index is 428. The monoisotopic (exact) mass is 279 g/mol. The maximum Gasteiger partial charge on any atom is 0.303 e. The van der Waals surface area contributed by atoms with E-state index in [-0.39, 0.29) is 12.3 Å². The van der Waals surface area contributed by atoms with Crippen LogP contribution in [0.1, 0.15) is 42.5 Å². The highest BCUT2D eigenvalue weighted by Crippen LogP contribution is 2.11. The van der Waals surface area contributed by atoms with Crippen molar-refractivity contribution in [3.63, 3.8) is 0 Å². The Hall–Kier alpha value is -2.04. The number of carboxylic acid groups (broad SMARTS) is 1. The first kappa shape index (κ1) is 16.0. The van der Waals surface area contributed by atoms with Gasteiger partial charge >= 0.3 is 5.97 Å². The summed E-state index contributed by atoms with van der Waals surface area (Å²) in [6.45, 7) is 0.609. The lowest BCUT2D eigenvalue weighted by molar-refractivity contribution is -0.137. The number of ether oxygens (including phenoxy) is 1. The van der Waals surface area contributed by atoms with Gasteiger partial charge in [-0.25, -0.2) is 0 Å². The Balaban J connectivity index is 2.14. The van der Waals surface area contributed by atoms with Crippen LogP contribution in [0.5, 0.6) is 5.75 Å². The number of unbranched alkanes of at least 4 members (excludes halogenated alkanes) is 3. The van der Waals surface area contributed by atoms with Gasteiger partial charge in [0.05, 0.1) is 7.11 Å². The molecule has 5 heteroatoms. The number of hydrogen-bond donors (Lipinski definition) is 2. The van der Waals surface area contributed by atoms with E-state index in [2.05, 4.69) is 5.32 Å². The molecule has 0 fully saturated rings. The van der Waals surface area contributed by atoms with Gasteiger partial charge in [-0.05, 0) is 37.1 Å². The van der Waals surface area contributed by atoms with Gasteiger partial charge in [-0.2, -0.15) is 0 Å². The minimum absolute atomic E-state index is 0.0989. The predicted molar refractivity (Wildman–Crippen MR) is 76.0 cm³/mol. The van der Waals surface area contributed by atoms with Crippen LogP contribution in [0, 0.1) is 0 Å². The van der Waals surface area contributed by atoms with Crippen LogP contribution in [0.2, 0.25) is 0 Å². The fourth-order valence-electron chi connectivity index (χ4n) is 1.80. The third-order valence-electron chi connectivity index (χ3n) is 2.96. The van der Waals surface area contributed by atoms with Gasteiger partial charge in [0.2, 0.25) is 0 Å². The van der Waals surface area contributed by atoms with E-state index in [1.54, 1.807) is 31.4 Å². The Kier molecular flexibility index (Phi) is 7.17. The maximum absolute atomic E-state index is 11.8. The van der Waals surface area contributed by atoms with Crippen LogP contribution in [0.25, 0.3) is 0 Å². The van der Waals surface area contributed by atoms with E-state index >= 15 is 0 Å². The Labute approximate surface area is 118 Å². The van der Waals surface area contributed by atoms with Crippen molar-refractivity contribution in [3.05, 3.63) is 29.8 Å². The molecule has 0 bridgehead atoms. The lowest BCUT2D eigenvalue weighted by atomic mass is 10.1. The molecule has 2 N–H and O–H groups in total. The van der Waals surface area contributed by atoms with Gasteiger partial charge in [0, 0.05) is 18.5 Å². The molecule has 0 atom stereocenters. The smallest absolute Gasteiger partial charge is 0.303 e. The van der Waals surface area contributed by atoms with Gasteiger partial charge in [-0.3, -0.25) is 9.59 Å². The first-order valence-corrected chi connectivity index (χ1v) is 6.77. The molecule has 0 saturated heterocycles. The van der Waals surface area contributed by atoms with Crippen LogP contribution in [-0.2, 0) is 4.79 Å². The summed E-state index contributed by atoms with van der Waals surface area (Å²) in [6.07, 6.45) is 3.59. The third kappa shape index (κ3) is 6.22. The quantitative estimate of drug-likeness (QED) is 0.681. The van der Waals surface area contributed by atoms with E-state index < -0.39 is 5.97 Å². The average molecular weight is 279 g/mol. The number of methoxy groups -OCH3 is 1. The lowest BCUT2D eigenvalue weighted by Gasteiger charge is -2.06. The molecule has 0 heterocycles. The van der Waals surface area contributed by atoms with Crippen molar-refractivity contribution >= 4 is 11.9 Å². The molecule has 5 nitrogen and oxygen atoms in total. The molecule has 0 aliphatic rings. The first-order valence-electron chi connectivity index (χ1n) is 6.77. The summed E-state index contributed by atoms with van der Waals surface area (Å²) >= 11 is 0. The number of aliphatic carboxylic acids is 1. The summed E-state index contributed by atoms with van der Waals surface area (Å²) in [7, 11) is 1.58. The van der Waals surface area contributed by atoms with Crippen LogP contribution in [0.4, 0.5) is 0 Å². The fourth-order valence-corrected chi connectivity index (χ4v) is 1.80. The molecule has 0 aliphatic heterocycles. The highest BCUT2D eigenvalue weighted by atomic mass is 16.5. The molecule has 110 valence electrons. The molecule has 1 rings (SSSR count). The van der Waals surface area contributed by atoms with E-state index in [0.717, 1.165) is 25.0 Å². The molecule has 20 heavy (non-hydrogen) atoms. The topological polar surface area (TPSA) is 75.6 Å². The van der Waals surface area contributed by atoms with Gasteiger partial charge in [-0.1, -0.05) is 12.8 Å². The molecule has 0 spiro atoms. The first-order chi connectivity index (χ1) is 9.63. The molecular formula is C15H21NO4. The van der Waals surface area contributed by atoms with Crippen molar-refractivity contribution < 1.29 is 19.4 Å². The van der Waals surface area contributed by atoms with Crippen molar-refractivity contribution in [2.24, 2.45) is 0 Å². The number of carboxylic acids is 1. The Morgan fingerprint density at radius 2 is 1.75 bits per heavy atom. The molecule has 0 unspecified atom stereocenters. The second kappa shape index (κ2) is 8.96. The van der Waals surface area contributed by atoms with Crippen LogP contribution in [-0.4, -0.2) is 30.6 Å². The summed E-state index contributed by atoms with van der Waals surface area (Å²) in [4.78, 5) is 22.1. The fraction of sp³-hybridized carbons (Fsp3) is 0.467. The van der Waals surface area contributed by atoms with Crippen molar-refractivity contribution in [3.8, 4) is 5.75 Å². The number of carbonyl (C=O) groups excluding carboxylic acids is 1. The van der Waals surface area contributed by atoms with E-state index in [4.69, 9.17) is 9.84 Å². The van der Waals surface area contributed by atoms with Gasteiger partial charge in [0.15, 0.2) is 0 Å². The van der Waals surface area contributed by atoms with Crippen LogP contribution in [0.3, 0.4) is 0 Å². The van der Waals surface area contributed by atoms with E-state index in [0.29, 0.717) is 18.5 Å². The maximum atomic E-state index is 11.8. The second-order valence-corrected chi connectivity index (χ2v) is 4.54. The molecule has 1 aromatic carbocycles. The molecule has 0 aromatic heterocycles. The van der Waals surface area contributed by atoms with Crippen molar-refractivity contribution in [1.29, 1.82) is 0 Å². The summed E-state index contributed by atoms with van der Waals surface area (Å²) < 4.78 is 5.03. The van der Waals surface area contributed by atoms with Crippen molar-refractivity contribution in [2.45, 2.75) is 32.1 Å². The van der Waals surface area contributed by atoms with Crippen molar-refractivity contribution in [2.75, 3.05) is 13.7 Å². The molecule has 0 radical (unpaired) electrons. The molecule has 1 amide bonds. The van der Waals surface area contributed by atoms with Crippen molar-refractivity contribution in [1.82, 2.24) is 5.32 Å². The van der Waals surface area contributed by atoms with Gasteiger partial charge in [0.1, 0.15) is 5.75 Å². The van der Waals surface area contributed by atoms with Gasteiger partial charge in [0.25, 0.3) is 5.91 Å². The number of benzene rings is 1. The number of amides is 1. The zero-order chi connectivity index (χ0) is 14.8. The Morgan fingerprint density at radius 1 is 1.10 bits per heavy atom. The molecular weight excluding hydrogens is 258 g/mol. The predicted octanol–water partition coefficient (Wildman–Crippen LogP) is 2.46. The van der Waals surface area contributed by atoms with Gasteiger partial charge < -0.3 is 15.2 Å². The highest BCUT2D eigenvalue weighted by molar-refractivity contribution is 5.94. The van der Waals surface area contributed by atoms with E-state index in [9.17, 15) is 9.59 Å². The van der Waals surface area contributed by atoms with Crippen LogP contribution in [0.15, 0.2) is 24.3 Å². The standard InChI is InChI=1S/C15H21NO4/c1-20-13-9-7-12(8-10-13)15(19)16-11-5-3-2-4-6-14(17)18/h7-10H,2-6,11H2,1H3,(H,16,19)(H,17,18). The summed E-state index contributed by atoms with van der Waals surface area (Å²) in [5, 5.41) is 11.3.